The Morgan fingerprint density at radius 1 is 0.923 bits per heavy atom. The van der Waals surface area contributed by atoms with Crippen molar-refractivity contribution in [1.29, 1.82) is 0 Å². The van der Waals surface area contributed by atoms with Gasteiger partial charge in [-0.2, -0.15) is 0 Å². The summed E-state index contributed by atoms with van der Waals surface area (Å²) in [5.74, 6) is 0.851. The van der Waals surface area contributed by atoms with Crippen LogP contribution in [0.15, 0.2) is 0 Å². The van der Waals surface area contributed by atoms with Gasteiger partial charge in [0, 0.05) is 6.04 Å². The van der Waals surface area contributed by atoms with Crippen LogP contribution in [-0.2, 0) is 0 Å². The maximum Gasteiger partial charge on any atom is 0.0540 e. The van der Waals surface area contributed by atoms with Crippen LogP contribution >= 0.6 is 0 Å². The van der Waals surface area contributed by atoms with Crippen molar-refractivity contribution in [2.24, 2.45) is 5.92 Å². The molecule has 13 heavy (non-hydrogen) atoms. The first kappa shape index (κ1) is 9.47. The third kappa shape index (κ3) is 2.44. The lowest BCUT2D eigenvalue weighted by molar-refractivity contribution is 0.0930. The van der Waals surface area contributed by atoms with E-state index in [0.29, 0.717) is 0 Å². The first-order chi connectivity index (χ1) is 6.36. The second kappa shape index (κ2) is 4.43. The predicted octanol–water partition coefficient (Wildman–Crippen LogP) is 1.68. The maximum absolute atomic E-state index is 9.40. The molecule has 2 N–H and O–H groups in total. The normalized spacial score (nSPS) is 41.8. The molecule has 0 aromatic rings. The molecule has 2 fully saturated rings. The van der Waals surface area contributed by atoms with E-state index in [1.165, 1.54) is 38.6 Å². The van der Waals surface area contributed by atoms with Crippen molar-refractivity contribution < 1.29 is 5.11 Å². The summed E-state index contributed by atoms with van der Waals surface area (Å²) in [6.45, 7) is 1.21. The zero-order valence-corrected chi connectivity index (χ0v) is 8.34. The molecule has 2 aliphatic rings. The summed E-state index contributed by atoms with van der Waals surface area (Å²) in [5, 5.41) is 13.0. The number of piperidine rings is 1. The minimum Gasteiger partial charge on any atom is -0.393 e. The minimum atomic E-state index is -0.000148. The van der Waals surface area contributed by atoms with E-state index in [2.05, 4.69) is 5.32 Å². The predicted molar refractivity (Wildman–Crippen MR) is 53.6 cm³/mol. The molecule has 2 heteroatoms. The molecule has 1 atom stereocenters. The third-order valence-electron chi connectivity index (χ3n) is 3.66. The number of nitrogens with one attached hydrogen (secondary N) is 1. The van der Waals surface area contributed by atoms with E-state index in [0.717, 1.165) is 24.8 Å². The van der Waals surface area contributed by atoms with E-state index in [4.69, 9.17) is 0 Å². The van der Waals surface area contributed by atoms with Crippen LogP contribution in [0.25, 0.3) is 0 Å². The van der Waals surface area contributed by atoms with Gasteiger partial charge in [-0.3, -0.25) is 0 Å². The fraction of sp³-hybridized carbons (Fsp3) is 1.00. The summed E-state index contributed by atoms with van der Waals surface area (Å²) in [6, 6.07) is 0.765. The molecule has 1 aliphatic heterocycles. The molecular weight excluding hydrogens is 162 g/mol. The summed E-state index contributed by atoms with van der Waals surface area (Å²) >= 11 is 0. The molecule has 0 aromatic heterocycles. The SMILES string of the molecule is OC1CCC(C2CCCCN2)CC1. The molecule has 0 amide bonds. The number of hydrogen-bond donors (Lipinski definition) is 2. The molecule has 0 aromatic carbocycles. The van der Waals surface area contributed by atoms with Crippen molar-refractivity contribution >= 4 is 0 Å². The van der Waals surface area contributed by atoms with E-state index < -0.39 is 0 Å². The van der Waals surface area contributed by atoms with Crippen LogP contribution in [0.4, 0.5) is 0 Å². The maximum atomic E-state index is 9.40. The Morgan fingerprint density at radius 2 is 1.69 bits per heavy atom. The monoisotopic (exact) mass is 183 g/mol. The molecule has 1 saturated carbocycles. The van der Waals surface area contributed by atoms with Gasteiger partial charge in [-0.25, -0.2) is 0 Å². The van der Waals surface area contributed by atoms with E-state index >= 15 is 0 Å². The van der Waals surface area contributed by atoms with Crippen LogP contribution in [-0.4, -0.2) is 23.8 Å². The Balaban J connectivity index is 1.79. The largest absolute Gasteiger partial charge is 0.393 e. The quantitative estimate of drug-likeness (QED) is 0.648. The summed E-state index contributed by atoms with van der Waals surface area (Å²) in [4.78, 5) is 0. The molecule has 1 unspecified atom stereocenters. The lowest BCUT2D eigenvalue weighted by Gasteiger charge is -2.35. The molecule has 1 aliphatic carbocycles. The fourth-order valence-corrected chi connectivity index (χ4v) is 2.79. The topological polar surface area (TPSA) is 32.3 Å². The van der Waals surface area contributed by atoms with Crippen LogP contribution in [0.2, 0.25) is 0 Å². The molecule has 76 valence electrons. The molecule has 0 radical (unpaired) electrons. The highest BCUT2D eigenvalue weighted by Crippen LogP contribution is 2.29. The minimum absolute atomic E-state index is 0.000148. The standard InChI is InChI=1S/C11H21NO/c13-10-6-4-9(5-7-10)11-3-1-2-8-12-11/h9-13H,1-8H2. The van der Waals surface area contributed by atoms with E-state index in [-0.39, 0.29) is 6.10 Å². The molecule has 0 bridgehead atoms. The van der Waals surface area contributed by atoms with Gasteiger partial charge in [-0.15, -0.1) is 0 Å². The average molecular weight is 183 g/mol. The van der Waals surface area contributed by atoms with Gasteiger partial charge < -0.3 is 10.4 Å². The van der Waals surface area contributed by atoms with Gasteiger partial charge in [0.15, 0.2) is 0 Å². The van der Waals surface area contributed by atoms with Crippen molar-refractivity contribution in [3.05, 3.63) is 0 Å². The van der Waals surface area contributed by atoms with E-state index in [9.17, 15) is 5.11 Å². The van der Waals surface area contributed by atoms with E-state index in [1.54, 1.807) is 0 Å². The number of aliphatic hydroxyl groups excluding tert-OH is 1. The van der Waals surface area contributed by atoms with Gasteiger partial charge >= 0.3 is 0 Å². The molecule has 1 saturated heterocycles. The number of rotatable bonds is 1. The van der Waals surface area contributed by atoms with Gasteiger partial charge in [0.1, 0.15) is 0 Å². The van der Waals surface area contributed by atoms with Crippen LogP contribution in [0, 0.1) is 5.92 Å². The first-order valence-corrected chi connectivity index (χ1v) is 5.78. The van der Waals surface area contributed by atoms with Crippen LogP contribution < -0.4 is 5.32 Å². The highest BCUT2D eigenvalue weighted by Gasteiger charge is 2.27. The van der Waals surface area contributed by atoms with Gasteiger partial charge in [0.05, 0.1) is 6.10 Å². The molecular formula is C11H21NO. The molecule has 1 heterocycles. The van der Waals surface area contributed by atoms with Crippen molar-refractivity contribution in [3.63, 3.8) is 0 Å². The Labute approximate surface area is 80.7 Å². The summed E-state index contributed by atoms with van der Waals surface area (Å²) < 4.78 is 0. The fourth-order valence-electron chi connectivity index (χ4n) is 2.79. The van der Waals surface area contributed by atoms with Crippen molar-refractivity contribution in [2.45, 2.75) is 57.1 Å². The third-order valence-corrected chi connectivity index (χ3v) is 3.66. The number of aliphatic hydroxyl groups is 1. The lowest BCUT2D eigenvalue weighted by atomic mass is 9.80. The van der Waals surface area contributed by atoms with Gasteiger partial charge in [0.25, 0.3) is 0 Å². The zero-order chi connectivity index (χ0) is 9.10. The van der Waals surface area contributed by atoms with E-state index in [1.807, 2.05) is 0 Å². The highest BCUT2D eigenvalue weighted by molar-refractivity contribution is 4.83. The Bertz CT molecular complexity index is 146. The molecule has 2 nitrogen and oxygen atoms in total. The molecule has 2 rings (SSSR count). The summed E-state index contributed by atoms with van der Waals surface area (Å²) in [7, 11) is 0. The van der Waals surface area contributed by atoms with Gasteiger partial charge in [-0.05, 0) is 51.0 Å². The van der Waals surface area contributed by atoms with Crippen molar-refractivity contribution in [2.75, 3.05) is 6.54 Å². The Hall–Kier alpha value is -0.0800. The smallest absolute Gasteiger partial charge is 0.0540 e. The average Bonchev–Trinajstić information content (AvgIpc) is 2.20. The summed E-state index contributed by atoms with van der Waals surface area (Å²) in [6.07, 6.45) is 8.65. The first-order valence-electron chi connectivity index (χ1n) is 5.78. The summed E-state index contributed by atoms with van der Waals surface area (Å²) in [5.41, 5.74) is 0. The molecule has 0 spiro atoms. The van der Waals surface area contributed by atoms with Crippen LogP contribution in [0.1, 0.15) is 44.9 Å². The second-order valence-electron chi connectivity index (χ2n) is 4.63. The van der Waals surface area contributed by atoms with Gasteiger partial charge in [-0.1, -0.05) is 6.42 Å². The Morgan fingerprint density at radius 3 is 2.31 bits per heavy atom. The van der Waals surface area contributed by atoms with Gasteiger partial charge in [0.2, 0.25) is 0 Å². The lowest BCUT2D eigenvalue weighted by Crippen LogP contribution is -2.41. The highest BCUT2D eigenvalue weighted by atomic mass is 16.3. The Kier molecular flexibility index (Phi) is 3.23. The zero-order valence-electron chi connectivity index (χ0n) is 8.34. The van der Waals surface area contributed by atoms with Crippen molar-refractivity contribution in [3.8, 4) is 0 Å². The number of hydrogen-bond acceptors (Lipinski definition) is 2. The van der Waals surface area contributed by atoms with Crippen LogP contribution in [0.3, 0.4) is 0 Å². The van der Waals surface area contributed by atoms with Crippen molar-refractivity contribution in [1.82, 2.24) is 5.32 Å². The van der Waals surface area contributed by atoms with Crippen LogP contribution in [0.5, 0.6) is 0 Å². The second-order valence-corrected chi connectivity index (χ2v) is 4.63.